The number of carbonyl (C=O) groups is 1. The van der Waals surface area contributed by atoms with Crippen LogP contribution in [0.5, 0.6) is 5.75 Å². The van der Waals surface area contributed by atoms with Crippen LogP contribution in [0, 0.1) is 0 Å². The summed E-state index contributed by atoms with van der Waals surface area (Å²) in [5, 5.41) is 11.6. The fourth-order valence-corrected chi connectivity index (χ4v) is 1.28. The van der Waals surface area contributed by atoms with Gasteiger partial charge in [0.1, 0.15) is 5.75 Å². The highest BCUT2D eigenvalue weighted by molar-refractivity contribution is 5.73. The van der Waals surface area contributed by atoms with Gasteiger partial charge in [-0.25, -0.2) is 0 Å². The average molecular weight is 259 g/mol. The first kappa shape index (κ1) is 14.1. The van der Waals surface area contributed by atoms with E-state index in [0.717, 1.165) is 12.1 Å². The molecule has 6 heteroatoms. The van der Waals surface area contributed by atoms with Crippen LogP contribution in [0.3, 0.4) is 0 Å². The molecular formula is C12H12F3NO2. The Hall–Kier alpha value is -1.98. The molecule has 0 heterocycles. The van der Waals surface area contributed by atoms with Gasteiger partial charge in [-0.1, -0.05) is 18.2 Å². The third kappa shape index (κ3) is 4.12. The van der Waals surface area contributed by atoms with Crippen LogP contribution in [-0.4, -0.2) is 17.6 Å². The predicted molar refractivity (Wildman–Crippen MR) is 60.8 cm³/mol. The van der Waals surface area contributed by atoms with Crippen molar-refractivity contribution in [2.24, 2.45) is 0 Å². The van der Waals surface area contributed by atoms with Crippen molar-refractivity contribution >= 4 is 12.0 Å². The number of rotatable bonds is 3. The number of benzene rings is 1. The molecule has 0 unspecified atom stereocenters. The van der Waals surface area contributed by atoms with Gasteiger partial charge in [0.15, 0.2) is 0 Å². The molecule has 2 N–H and O–H groups in total. The molecule has 0 saturated heterocycles. The zero-order valence-electron chi connectivity index (χ0n) is 9.58. The molecule has 0 saturated carbocycles. The minimum absolute atomic E-state index is 0.221. The molecule has 0 radical (unpaired) electrons. The lowest BCUT2D eigenvalue weighted by Crippen LogP contribution is -2.19. The number of halogens is 3. The van der Waals surface area contributed by atoms with E-state index in [9.17, 15) is 18.0 Å². The normalized spacial score (nSPS) is 11.8. The Bertz CT molecular complexity index is 467. The summed E-state index contributed by atoms with van der Waals surface area (Å²) in [5.41, 5.74) is -0.783. The molecule has 0 aliphatic rings. The number of hydrogen-bond donors (Lipinski definition) is 2. The fourth-order valence-electron chi connectivity index (χ4n) is 1.28. The van der Waals surface area contributed by atoms with Gasteiger partial charge in [-0.15, -0.1) is 0 Å². The van der Waals surface area contributed by atoms with Gasteiger partial charge < -0.3 is 10.4 Å². The monoisotopic (exact) mass is 259 g/mol. The van der Waals surface area contributed by atoms with Crippen LogP contribution < -0.4 is 5.32 Å². The first-order valence-corrected chi connectivity index (χ1v) is 5.12. The molecule has 1 amide bonds. The second kappa shape index (κ2) is 5.57. The van der Waals surface area contributed by atoms with E-state index in [-0.39, 0.29) is 12.5 Å². The zero-order valence-corrected chi connectivity index (χ0v) is 9.58. The molecule has 0 atom stereocenters. The summed E-state index contributed by atoms with van der Waals surface area (Å²) in [6.07, 6.45) is -1.63. The quantitative estimate of drug-likeness (QED) is 0.876. The SMILES string of the molecule is CC(=O)NCC=Cc1ccc(O)c(C(F)(F)F)c1. The van der Waals surface area contributed by atoms with E-state index < -0.39 is 17.5 Å². The van der Waals surface area contributed by atoms with E-state index in [1.54, 1.807) is 0 Å². The van der Waals surface area contributed by atoms with Gasteiger partial charge in [0, 0.05) is 13.5 Å². The molecule has 1 aromatic rings. The Morgan fingerprint density at radius 3 is 2.67 bits per heavy atom. The van der Waals surface area contributed by atoms with Crippen LogP contribution in [0.2, 0.25) is 0 Å². The summed E-state index contributed by atoms with van der Waals surface area (Å²) in [7, 11) is 0. The fraction of sp³-hybridized carbons (Fsp3) is 0.250. The maximum atomic E-state index is 12.5. The molecule has 0 fully saturated rings. The van der Waals surface area contributed by atoms with Crippen LogP contribution in [0.15, 0.2) is 24.3 Å². The van der Waals surface area contributed by atoms with Crippen LogP contribution in [-0.2, 0) is 11.0 Å². The van der Waals surface area contributed by atoms with Gasteiger partial charge in [0.2, 0.25) is 5.91 Å². The van der Waals surface area contributed by atoms with Gasteiger partial charge in [-0.2, -0.15) is 13.2 Å². The summed E-state index contributed by atoms with van der Waals surface area (Å²) in [6.45, 7) is 1.58. The highest BCUT2D eigenvalue weighted by Gasteiger charge is 2.33. The number of phenols is 1. The van der Waals surface area contributed by atoms with Crippen molar-refractivity contribution in [1.29, 1.82) is 0 Å². The number of hydrogen-bond acceptors (Lipinski definition) is 2. The summed E-state index contributed by atoms with van der Waals surface area (Å²) in [5.74, 6) is -1.03. The highest BCUT2D eigenvalue weighted by Crippen LogP contribution is 2.36. The van der Waals surface area contributed by atoms with Crippen molar-refractivity contribution in [2.75, 3.05) is 6.54 Å². The topological polar surface area (TPSA) is 49.3 Å². The van der Waals surface area contributed by atoms with Crippen molar-refractivity contribution in [3.8, 4) is 5.75 Å². The Morgan fingerprint density at radius 2 is 2.11 bits per heavy atom. The third-order valence-electron chi connectivity index (χ3n) is 2.11. The summed E-state index contributed by atoms with van der Waals surface area (Å²) < 4.78 is 37.4. The largest absolute Gasteiger partial charge is 0.507 e. The minimum atomic E-state index is -4.59. The molecule has 0 aliphatic heterocycles. The van der Waals surface area contributed by atoms with E-state index in [4.69, 9.17) is 5.11 Å². The number of phenolic OH excluding ortho intramolecular Hbond substituents is 1. The van der Waals surface area contributed by atoms with Gasteiger partial charge in [-0.3, -0.25) is 4.79 Å². The van der Waals surface area contributed by atoms with Gasteiger partial charge in [-0.05, 0) is 17.7 Å². The number of amides is 1. The van der Waals surface area contributed by atoms with Gasteiger partial charge >= 0.3 is 6.18 Å². The number of alkyl halides is 3. The van der Waals surface area contributed by atoms with Crippen LogP contribution in [0.25, 0.3) is 6.08 Å². The second-order valence-electron chi connectivity index (χ2n) is 3.61. The molecule has 1 rings (SSSR count). The lowest BCUT2D eigenvalue weighted by atomic mass is 10.1. The molecule has 0 spiro atoms. The Labute approximate surface area is 102 Å². The van der Waals surface area contributed by atoms with Crippen molar-refractivity contribution in [3.63, 3.8) is 0 Å². The number of nitrogens with one attached hydrogen (secondary N) is 1. The molecule has 98 valence electrons. The van der Waals surface area contributed by atoms with E-state index >= 15 is 0 Å². The number of carbonyl (C=O) groups excluding carboxylic acids is 1. The molecule has 3 nitrogen and oxygen atoms in total. The first-order chi connectivity index (χ1) is 8.30. The third-order valence-corrected chi connectivity index (χ3v) is 2.11. The van der Waals surface area contributed by atoms with Gasteiger partial charge in [0.25, 0.3) is 0 Å². The van der Waals surface area contributed by atoms with E-state index in [0.29, 0.717) is 5.56 Å². The highest BCUT2D eigenvalue weighted by atomic mass is 19.4. The standard InChI is InChI=1S/C12H12F3NO2/c1-8(17)16-6-2-3-9-4-5-11(18)10(7-9)12(13,14)15/h2-5,7,18H,6H2,1H3,(H,16,17). The van der Waals surface area contributed by atoms with E-state index in [1.165, 1.54) is 25.1 Å². The van der Waals surface area contributed by atoms with Crippen molar-refractivity contribution in [1.82, 2.24) is 5.32 Å². The minimum Gasteiger partial charge on any atom is -0.507 e. The first-order valence-electron chi connectivity index (χ1n) is 5.12. The molecule has 0 aliphatic carbocycles. The van der Waals surface area contributed by atoms with Crippen molar-refractivity contribution < 1.29 is 23.1 Å². The predicted octanol–water partition coefficient (Wildman–Crippen LogP) is 2.56. The molecule has 0 aromatic heterocycles. The van der Waals surface area contributed by atoms with Gasteiger partial charge in [0.05, 0.1) is 5.56 Å². The van der Waals surface area contributed by atoms with Crippen LogP contribution in [0.1, 0.15) is 18.1 Å². The van der Waals surface area contributed by atoms with Crippen LogP contribution in [0.4, 0.5) is 13.2 Å². The molecule has 0 bridgehead atoms. The molecule has 1 aromatic carbocycles. The summed E-state index contributed by atoms with van der Waals surface area (Å²) in [4.78, 5) is 10.6. The molecular weight excluding hydrogens is 247 g/mol. The van der Waals surface area contributed by atoms with Crippen molar-refractivity contribution in [2.45, 2.75) is 13.1 Å². The Kier molecular flexibility index (Phi) is 4.36. The van der Waals surface area contributed by atoms with E-state index in [2.05, 4.69) is 5.32 Å². The Morgan fingerprint density at radius 1 is 1.44 bits per heavy atom. The zero-order chi connectivity index (χ0) is 13.8. The maximum Gasteiger partial charge on any atom is 0.419 e. The lowest BCUT2D eigenvalue weighted by Gasteiger charge is -2.09. The van der Waals surface area contributed by atoms with E-state index in [1.807, 2.05) is 0 Å². The maximum absolute atomic E-state index is 12.5. The average Bonchev–Trinajstić information content (AvgIpc) is 2.24. The smallest absolute Gasteiger partial charge is 0.419 e. The summed E-state index contributed by atoms with van der Waals surface area (Å²) >= 11 is 0. The van der Waals surface area contributed by atoms with Crippen molar-refractivity contribution in [3.05, 3.63) is 35.4 Å². The Balaban J connectivity index is 2.83. The van der Waals surface area contributed by atoms with Crippen LogP contribution >= 0.6 is 0 Å². The molecule has 18 heavy (non-hydrogen) atoms. The number of aromatic hydroxyl groups is 1. The summed E-state index contributed by atoms with van der Waals surface area (Å²) in [6, 6.07) is 3.19. The lowest BCUT2D eigenvalue weighted by molar-refractivity contribution is -0.138. The second-order valence-corrected chi connectivity index (χ2v) is 3.61.